The van der Waals surface area contributed by atoms with Crippen molar-refractivity contribution in [2.75, 3.05) is 13.6 Å². The molecule has 1 aliphatic rings. The van der Waals surface area contributed by atoms with E-state index >= 15 is 0 Å². The molecular formula is C24H39NO5. The van der Waals surface area contributed by atoms with Gasteiger partial charge in [-0.2, -0.15) is 0 Å². The summed E-state index contributed by atoms with van der Waals surface area (Å²) in [4.78, 5) is 36.6. The molecule has 170 valence electrons. The standard InChI is InChI=1S/C24H39NO5/c1-3-4-5-6-7-8-9-10-11-12-13-15-19-23(29)20(18-21(26)24(19)30)25(2)17-14-16-22(27)28/h18,29H,3-17H2,1-2H3,(H,27,28). The van der Waals surface area contributed by atoms with Crippen LogP contribution in [0.3, 0.4) is 0 Å². The normalized spacial score (nSPS) is 14.3. The number of carbonyl (C=O) groups is 3. The zero-order valence-electron chi connectivity index (χ0n) is 18.8. The predicted molar refractivity (Wildman–Crippen MR) is 118 cm³/mol. The van der Waals surface area contributed by atoms with Crippen LogP contribution in [-0.4, -0.2) is 46.2 Å². The van der Waals surface area contributed by atoms with Gasteiger partial charge in [-0.1, -0.05) is 71.1 Å². The van der Waals surface area contributed by atoms with E-state index in [1.807, 2.05) is 0 Å². The van der Waals surface area contributed by atoms with Crippen LogP contribution in [0.2, 0.25) is 0 Å². The highest BCUT2D eigenvalue weighted by Crippen LogP contribution is 2.26. The van der Waals surface area contributed by atoms with Gasteiger partial charge in [0, 0.05) is 31.7 Å². The van der Waals surface area contributed by atoms with Crippen LogP contribution in [0.15, 0.2) is 23.1 Å². The zero-order chi connectivity index (χ0) is 22.4. The molecule has 0 spiro atoms. The summed E-state index contributed by atoms with van der Waals surface area (Å²) >= 11 is 0. The molecule has 0 aromatic heterocycles. The smallest absolute Gasteiger partial charge is 0.303 e. The van der Waals surface area contributed by atoms with Crippen LogP contribution in [0.4, 0.5) is 0 Å². The highest BCUT2D eigenvalue weighted by molar-refractivity contribution is 6.48. The molecule has 30 heavy (non-hydrogen) atoms. The Bertz CT molecular complexity index is 636. The van der Waals surface area contributed by atoms with Crippen LogP contribution in [0.25, 0.3) is 0 Å². The molecule has 0 saturated heterocycles. The molecule has 1 aliphatic carbocycles. The van der Waals surface area contributed by atoms with Crippen molar-refractivity contribution >= 4 is 17.5 Å². The van der Waals surface area contributed by atoms with Crippen molar-refractivity contribution in [1.29, 1.82) is 0 Å². The SMILES string of the molecule is CCCCCCCCCCCCCC1=C(O)C(N(C)CCCC(=O)O)=CC(=O)C1=O. The van der Waals surface area contributed by atoms with Gasteiger partial charge in [0.05, 0.1) is 5.70 Å². The number of carboxylic acid groups (broad SMARTS) is 1. The Morgan fingerprint density at radius 3 is 1.97 bits per heavy atom. The Labute approximate surface area is 181 Å². The number of carbonyl (C=O) groups excluding carboxylic acids is 2. The third-order valence-corrected chi connectivity index (χ3v) is 5.62. The van der Waals surface area contributed by atoms with Gasteiger partial charge in [-0.05, 0) is 19.3 Å². The summed E-state index contributed by atoms with van der Waals surface area (Å²) in [5.41, 5.74) is 0.501. The van der Waals surface area contributed by atoms with Gasteiger partial charge >= 0.3 is 5.97 Å². The van der Waals surface area contributed by atoms with Crippen LogP contribution >= 0.6 is 0 Å². The van der Waals surface area contributed by atoms with Crippen molar-refractivity contribution in [3.8, 4) is 0 Å². The topological polar surface area (TPSA) is 94.9 Å². The fourth-order valence-electron chi connectivity index (χ4n) is 3.75. The molecule has 0 radical (unpaired) electrons. The third kappa shape index (κ3) is 9.59. The van der Waals surface area contributed by atoms with E-state index in [4.69, 9.17) is 5.11 Å². The van der Waals surface area contributed by atoms with E-state index in [9.17, 15) is 19.5 Å². The molecule has 1 rings (SSSR count). The van der Waals surface area contributed by atoms with E-state index in [1.54, 1.807) is 11.9 Å². The number of hydrogen-bond acceptors (Lipinski definition) is 5. The fourth-order valence-corrected chi connectivity index (χ4v) is 3.75. The first-order valence-electron chi connectivity index (χ1n) is 11.5. The van der Waals surface area contributed by atoms with Gasteiger partial charge in [-0.25, -0.2) is 0 Å². The molecule has 0 atom stereocenters. The van der Waals surface area contributed by atoms with Crippen molar-refractivity contribution in [2.24, 2.45) is 0 Å². The molecule has 0 fully saturated rings. The van der Waals surface area contributed by atoms with Gasteiger partial charge in [0.25, 0.3) is 0 Å². The number of allylic oxidation sites excluding steroid dienone is 2. The monoisotopic (exact) mass is 421 g/mol. The summed E-state index contributed by atoms with van der Waals surface area (Å²) in [6.07, 6.45) is 15.1. The summed E-state index contributed by atoms with van der Waals surface area (Å²) in [6, 6.07) is 0. The van der Waals surface area contributed by atoms with Crippen molar-refractivity contribution in [3.05, 3.63) is 23.1 Å². The first-order valence-corrected chi connectivity index (χ1v) is 11.5. The van der Waals surface area contributed by atoms with Crippen LogP contribution in [-0.2, 0) is 14.4 Å². The number of carboxylic acids is 1. The molecule has 0 bridgehead atoms. The van der Waals surface area contributed by atoms with Crippen LogP contribution < -0.4 is 0 Å². The zero-order valence-corrected chi connectivity index (χ0v) is 18.8. The molecule has 6 heteroatoms. The lowest BCUT2D eigenvalue weighted by Crippen LogP contribution is -2.29. The third-order valence-electron chi connectivity index (χ3n) is 5.62. The number of Topliss-reactive ketones (excluding diaryl/α,β-unsaturated/α-hetero) is 1. The van der Waals surface area contributed by atoms with E-state index in [-0.39, 0.29) is 17.8 Å². The number of aliphatic carboxylic acids is 1. The molecule has 0 amide bonds. The Balaban J connectivity index is 2.38. The van der Waals surface area contributed by atoms with Crippen molar-refractivity contribution in [1.82, 2.24) is 4.90 Å². The highest BCUT2D eigenvalue weighted by atomic mass is 16.4. The summed E-state index contributed by atoms with van der Waals surface area (Å²) in [5, 5.41) is 19.3. The number of aliphatic hydroxyl groups excluding tert-OH is 1. The molecule has 0 unspecified atom stereocenters. The van der Waals surface area contributed by atoms with Crippen molar-refractivity contribution < 1.29 is 24.6 Å². The van der Waals surface area contributed by atoms with E-state index < -0.39 is 17.5 Å². The van der Waals surface area contributed by atoms with E-state index in [1.165, 1.54) is 51.4 Å². The lowest BCUT2D eigenvalue weighted by Gasteiger charge is -2.25. The quantitative estimate of drug-likeness (QED) is 0.187. The molecule has 2 N–H and O–H groups in total. The van der Waals surface area contributed by atoms with Gasteiger partial charge < -0.3 is 15.1 Å². The van der Waals surface area contributed by atoms with Crippen molar-refractivity contribution in [3.63, 3.8) is 0 Å². The second-order valence-corrected chi connectivity index (χ2v) is 8.25. The van der Waals surface area contributed by atoms with E-state index in [0.29, 0.717) is 25.1 Å². The minimum atomic E-state index is -0.885. The number of hydrogen-bond donors (Lipinski definition) is 2. The fraction of sp³-hybridized carbons (Fsp3) is 0.708. The molecular weight excluding hydrogens is 382 g/mol. The maximum Gasteiger partial charge on any atom is 0.303 e. The maximum atomic E-state index is 12.2. The molecule has 0 aliphatic heterocycles. The highest BCUT2D eigenvalue weighted by Gasteiger charge is 2.29. The van der Waals surface area contributed by atoms with Gasteiger partial charge in [0.2, 0.25) is 11.6 Å². The minimum Gasteiger partial charge on any atom is -0.505 e. The Hall–Kier alpha value is -2.11. The molecule has 0 heterocycles. The van der Waals surface area contributed by atoms with Gasteiger partial charge in [0.1, 0.15) is 5.76 Å². The van der Waals surface area contributed by atoms with Crippen molar-refractivity contribution in [2.45, 2.75) is 96.8 Å². The number of likely N-dealkylation sites (N-methyl/N-ethyl adjacent to an activating group) is 1. The molecule has 6 nitrogen and oxygen atoms in total. The summed E-state index contributed by atoms with van der Waals surface area (Å²) < 4.78 is 0. The van der Waals surface area contributed by atoms with E-state index in [2.05, 4.69) is 6.92 Å². The van der Waals surface area contributed by atoms with Gasteiger partial charge in [0.15, 0.2) is 0 Å². The summed E-state index contributed by atoms with van der Waals surface area (Å²) in [6.45, 7) is 2.61. The van der Waals surface area contributed by atoms with Crippen LogP contribution in [0.1, 0.15) is 96.8 Å². The Morgan fingerprint density at radius 2 is 1.43 bits per heavy atom. The number of ketones is 2. The second kappa shape index (κ2) is 14.8. The first kappa shape index (κ1) is 25.9. The lowest BCUT2D eigenvalue weighted by molar-refractivity contribution is -0.137. The number of nitrogens with zero attached hydrogens (tertiary/aromatic N) is 1. The van der Waals surface area contributed by atoms with Crippen LogP contribution in [0, 0.1) is 0 Å². The van der Waals surface area contributed by atoms with Crippen LogP contribution in [0.5, 0.6) is 0 Å². The van der Waals surface area contributed by atoms with E-state index in [0.717, 1.165) is 25.3 Å². The predicted octanol–water partition coefficient (Wildman–Crippen LogP) is 5.33. The average molecular weight is 422 g/mol. The Morgan fingerprint density at radius 1 is 0.900 bits per heavy atom. The number of rotatable bonds is 17. The maximum absolute atomic E-state index is 12.2. The second-order valence-electron chi connectivity index (χ2n) is 8.25. The minimum absolute atomic E-state index is 0.0145. The summed E-state index contributed by atoms with van der Waals surface area (Å²) in [5.74, 6) is -2.26. The van der Waals surface area contributed by atoms with Gasteiger partial charge in [-0.15, -0.1) is 0 Å². The lowest BCUT2D eigenvalue weighted by atomic mass is 9.93. The number of unbranched alkanes of at least 4 members (excludes halogenated alkanes) is 10. The number of aliphatic hydroxyl groups is 1. The largest absolute Gasteiger partial charge is 0.505 e. The first-order chi connectivity index (χ1) is 14.4. The Kier molecular flexibility index (Phi) is 12.8. The molecule has 0 saturated carbocycles. The molecule has 0 aromatic carbocycles. The summed E-state index contributed by atoms with van der Waals surface area (Å²) in [7, 11) is 1.69. The average Bonchev–Trinajstić information content (AvgIpc) is 2.70. The van der Waals surface area contributed by atoms with Gasteiger partial charge in [-0.3, -0.25) is 14.4 Å². The molecule has 0 aromatic rings.